The number of nitrogens with zero attached hydrogens (tertiary/aromatic N) is 2. The largest absolute Gasteiger partial charge is 0.341 e. The molecule has 1 atom stereocenters. The van der Waals surface area contributed by atoms with Crippen LogP contribution in [-0.4, -0.2) is 54.5 Å². The fourth-order valence-corrected chi connectivity index (χ4v) is 2.96. The Hall–Kier alpha value is -0.610. The minimum absolute atomic E-state index is 0.166. The number of carbonyl (C=O) groups is 1. The molecule has 118 valence electrons. The summed E-state index contributed by atoms with van der Waals surface area (Å²) in [7, 11) is 0. The van der Waals surface area contributed by atoms with Gasteiger partial charge < -0.3 is 15.5 Å². The monoisotopic (exact) mass is 283 g/mol. The highest BCUT2D eigenvalue weighted by molar-refractivity contribution is 5.81. The number of amides is 1. The van der Waals surface area contributed by atoms with Crippen molar-refractivity contribution in [2.24, 2.45) is 11.7 Å². The second-order valence-electron chi connectivity index (χ2n) is 6.00. The van der Waals surface area contributed by atoms with Crippen LogP contribution in [0.5, 0.6) is 0 Å². The van der Waals surface area contributed by atoms with E-state index in [4.69, 9.17) is 5.73 Å². The van der Waals surface area contributed by atoms with Crippen molar-refractivity contribution in [1.29, 1.82) is 0 Å². The first-order valence-electron chi connectivity index (χ1n) is 8.39. The van der Waals surface area contributed by atoms with E-state index in [1.807, 2.05) is 4.90 Å². The number of carbonyl (C=O) groups excluding carboxylic acids is 1. The van der Waals surface area contributed by atoms with Crippen molar-refractivity contribution in [3.63, 3.8) is 0 Å². The molecule has 4 nitrogen and oxygen atoms in total. The van der Waals surface area contributed by atoms with Gasteiger partial charge in [0.25, 0.3) is 0 Å². The first kappa shape index (κ1) is 17.4. The van der Waals surface area contributed by atoms with E-state index in [9.17, 15) is 4.79 Å². The fraction of sp³-hybridized carbons (Fsp3) is 0.938. The number of nitrogens with two attached hydrogens (primary N) is 1. The van der Waals surface area contributed by atoms with Crippen LogP contribution in [-0.2, 0) is 4.79 Å². The minimum atomic E-state index is -0.283. The van der Waals surface area contributed by atoms with Gasteiger partial charge in [0.2, 0.25) is 5.91 Å². The molecular formula is C16H33N3O. The maximum Gasteiger partial charge on any atom is 0.239 e. The summed E-state index contributed by atoms with van der Waals surface area (Å²) in [5.74, 6) is 0.908. The van der Waals surface area contributed by atoms with Gasteiger partial charge in [-0.15, -0.1) is 0 Å². The topological polar surface area (TPSA) is 49.6 Å². The molecule has 2 N–H and O–H groups in total. The summed E-state index contributed by atoms with van der Waals surface area (Å²) in [6, 6.07) is -0.283. The number of unbranched alkanes of at least 4 members (excludes halogenated alkanes) is 1. The van der Waals surface area contributed by atoms with Gasteiger partial charge in [-0.2, -0.15) is 0 Å². The van der Waals surface area contributed by atoms with E-state index < -0.39 is 0 Å². The molecule has 1 amide bonds. The molecule has 4 heteroatoms. The van der Waals surface area contributed by atoms with Gasteiger partial charge in [0.05, 0.1) is 6.04 Å². The van der Waals surface area contributed by atoms with Crippen LogP contribution in [0.3, 0.4) is 0 Å². The molecule has 1 aliphatic heterocycles. The molecule has 0 aromatic rings. The standard InChI is InChI=1S/C16H33N3O/c1-4-7-8-15(17)16(20)19-11-9-14(10-12-19)13-18(5-2)6-3/h14-15H,4-13,17H2,1-3H3/t15-/m0/s1. The van der Waals surface area contributed by atoms with Crippen molar-refractivity contribution in [2.75, 3.05) is 32.7 Å². The lowest BCUT2D eigenvalue weighted by molar-refractivity contribution is -0.134. The number of hydrogen-bond donors (Lipinski definition) is 1. The highest BCUT2D eigenvalue weighted by atomic mass is 16.2. The molecule has 1 saturated heterocycles. The maximum absolute atomic E-state index is 12.2. The van der Waals surface area contributed by atoms with Crippen LogP contribution in [0.15, 0.2) is 0 Å². The van der Waals surface area contributed by atoms with E-state index >= 15 is 0 Å². The minimum Gasteiger partial charge on any atom is -0.341 e. The SMILES string of the molecule is CCCC[C@H](N)C(=O)N1CCC(CN(CC)CC)CC1. The number of piperidine rings is 1. The number of rotatable bonds is 8. The highest BCUT2D eigenvalue weighted by Gasteiger charge is 2.26. The Balaban J connectivity index is 2.32. The van der Waals surface area contributed by atoms with E-state index in [1.165, 1.54) is 6.54 Å². The molecule has 1 fully saturated rings. The van der Waals surface area contributed by atoms with E-state index in [0.29, 0.717) is 0 Å². The summed E-state index contributed by atoms with van der Waals surface area (Å²) >= 11 is 0. The second kappa shape index (κ2) is 9.35. The smallest absolute Gasteiger partial charge is 0.239 e. The van der Waals surface area contributed by atoms with Gasteiger partial charge in [0.15, 0.2) is 0 Å². The Morgan fingerprint density at radius 1 is 1.25 bits per heavy atom. The molecule has 0 unspecified atom stereocenters. The summed E-state index contributed by atoms with van der Waals surface area (Å²) in [5.41, 5.74) is 5.99. The maximum atomic E-state index is 12.2. The zero-order valence-electron chi connectivity index (χ0n) is 13.6. The van der Waals surface area contributed by atoms with Crippen LogP contribution in [0.2, 0.25) is 0 Å². The molecule has 0 saturated carbocycles. The van der Waals surface area contributed by atoms with Gasteiger partial charge in [0.1, 0.15) is 0 Å². The van der Waals surface area contributed by atoms with Gasteiger partial charge in [0, 0.05) is 19.6 Å². The molecule has 0 bridgehead atoms. The normalized spacial score (nSPS) is 18.6. The lowest BCUT2D eigenvalue weighted by Crippen LogP contribution is -2.48. The van der Waals surface area contributed by atoms with Gasteiger partial charge in [-0.05, 0) is 38.3 Å². The third-order valence-electron chi connectivity index (χ3n) is 4.52. The summed E-state index contributed by atoms with van der Waals surface area (Å²) in [6.45, 7) is 11.8. The molecule has 1 rings (SSSR count). The van der Waals surface area contributed by atoms with Crippen LogP contribution in [0.4, 0.5) is 0 Å². The van der Waals surface area contributed by atoms with E-state index in [-0.39, 0.29) is 11.9 Å². The van der Waals surface area contributed by atoms with Crippen LogP contribution in [0.1, 0.15) is 52.9 Å². The van der Waals surface area contributed by atoms with E-state index in [2.05, 4.69) is 25.7 Å². The Bertz CT molecular complexity index is 271. The van der Waals surface area contributed by atoms with E-state index in [0.717, 1.165) is 64.2 Å². The zero-order chi connectivity index (χ0) is 15.0. The Morgan fingerprint density at radius 2 is 1.85 bits per heavy atom. The number of likely N-dealkylation sites (tertiary alicyclic amines) is 1. The van der Waals surface area contributed by atoms with Gasteiger partial charge in [-0.1, -0.05) is 33.6 Å². The summed E-state index contributed by atoms with van der Waals surface area (Å²) in [6.07, 6.45) is 5.23. The van der Waals surface area contributed by atoms with Crippen LogP contribution >= 0.6 is 0 Å². The van der Waals surface area contributed by atoms with Gasteiger partial charge >= 0.3 is 0 Å². The van der Waals surface area contributed by atoms with Crippen molar-refractivity contribution in [2.45, 2.75) is 58.9 Å². The lowest BCUT2D eigenvalue weighted by atomic mass is 9.95. The van der Waals surface area contributed by atoms with Crippen molar-refractivity contribution in [1.82, 2.24) is 9.80 Å². The van der Waals surface area contributed by atoms with Crippen molar-refractivity contribution >= 4 is 5.91 Å². The van der Waals surface area contributed by atoms with Crippen LogP contribution < -0.4 is 5.73 Å². The molecule has 0 aromatic carbocycles. The Morgan fingerprint density at radius 3 is 2.35 bits per heavy atom. The molecule has 20 heavy (non-hydrogen) atoms. The lowest BCUT2D eigenvalue weighted by Gasteiger charge is -2.35. The van der Waals surface area contributed by atoms with Gasteiger partial charge in [-0.3, -0.25) is 4.79 Å². The first-order chi connectivity index (χ1) is 9.62. The molecule has 0 aliphatic carbocycles. The quantitative estimate of drug-likeness (QED) is 0.742. The van der Waals surface area contributed by atoms with Gasteiger partial charge in [-0.25, -0.2) is 0 Å². The molecule has 1 heterocycles. The fourth-order valence-electron chi connectivity index (χ4n) is 2.96. The molecule has 0 radical (unpaired) electrons. The van der Waals surface area contributed by atoms with Crippen LogP contribution in [0, 0.1) is 5.92 Å². The van der Waals surface area contributed by atoms with Crippen molar-refractivity contribution in [3.8, 4) is 0 Å². The third kappa shape index (κ3) is 5.41. The molecule has 0 aromatic heterocycles. The Labute approximate surface area is 124 Å². The summed E-state index contributed by atoms with van der Waals surface area (Å²) < 4.78 is 0. The summed E-state index contributed by atoms with van der Waals surface area (Å²) in [4.78, 5) is 16.7. The van der Waals surface area contributed by atoms with Crippen molar-refractivity contribution in [3.05, 3.63) is 0 Å². The van der Waals surface area contributed by atoms with Crippen molar-refractivity contribution < 1.29 is 4.79 Å². The second-order valence-corrected chi connectivity index (χ2v) is 6.00. The number of hydrogen-bond acceptors (Lipinski definition) is 3. The first-order valence-corrected chi connectivity index (χ1v) is 8.39. The zero-order valence-corrected chi connectivity index (χ0v) is 13.6. The Kier molecular flexibility index (Phi) is 8.15. The van der Waals surface area contributed by atoms with E-state index in [1.54, 1.807) is 0 Å². The average molecular weight is 283 g/mol. The molecular weight excluding hydrogens is 250 g/mol. The van der Waals surface area contributed by atoms with Crippen LogP contribution in [0.25, 0.3) is 0 Å². The average Bonchev–Trinajstić information content (AvgIpc) is 2.50. The molecule has 0 spiro atoms. The molecule has 1 aliphatic rings. The third-order valence-corrected chi connectivity index (χ3v) is 4.52. The highest BCUT2D eigenvalue weighted by Crippen LogP contribution is 2.19. The predicted molar refractivity (Wildman–Crippen MR) is 84.6 cm³/mol. The summed E-state index contributed by atoms with van der Waals surface area (Å²) in [5, 5.41) is 0. The predicted octanol–water partition coefficient (Wildman–Crippen LogP) is 2.08.